The Morgan fingerprint density at radius 2 is 2.12 bits per heavy atom. The molecule has 96 valence electrons. The van der Waals surface area contributed by atoms with E-state index in [-0.39, 0.29) is 0 Å². The van der Waals surface area contributed by atoms with E-state index in [2.05, 4.69) is 34.3 Å². The quantitative estimate of drug-likeness (QED) is 0.437. The highest BCUT2D eigenvalue weighted by Crippen LogP contribution is 2.15. The molecule has 0 atom stereocenters. The van der Waals surface area contributed by atoms with Crippen LogP contribution in [0.5, 0.6) is 0 Å². The second kappa shape index (κ2) is 7.34. The fourth-order valence-corrected chi connectivity index (χ4v) is 1.78. The summed E-state index contributed by atoms with van der Waals surface area (Å²) in [5, 5.41) is 3.98. The molecule has 0 radical (unpaired) electrons. The molecular formula is C11H21N5S. The number of nitrogens with two attached hydrogens (primary N) is 1. The maximum atomic E-state index is 5.69. The van der Waals surface area contributed by atoms with E-state index < -0.39 is 0 Å². The Morgan fingerprint density at radius 3 is 2.76 bits per heavy atom. The number of anilines is 2. The summed E-state index contributed by atoms with van der Waals surface area (Å²) in [7, 11) is 4.17. The van der Waals surface area contributed by atoms with Crippen LogP contribution >= 0.6 is 11.8 Å². The van der Waals surface area contributed by atoms with Crippen molar-refractivity contribution in [1.82, 2.24) is 14.9 Å². The van der Waals surface area contributed by atoms with Gasteiger partial charge in [-0.15, -0.1) is 0 Å². The smallest absolute Gasteiger partial charge is 0.191 e. The Balaban J connectivity index is 2.33. The van der Waals surface area contributed by atoms with E-state index in [1.165, 1.54) is 18.2 Å². The highest BCUT2D eigenvalue weighted by atomic mass is 32.2. The normalized spacial score (nSPS) is 10.8. The molecule has 17 heavy (non-hydrogen) atoms. The number of aromatic nitrogens is 2. The maximum Gasteiger partial charge on any atom is 0.191 e. The summed E-state index contributed by atoms with van der Waals surface area (Å²) in [6, 6.07) is 1.77. The molecule has 6 heteroatoms. The lowest BCUT2D eigenvalue weighted by Gasteiger charge is -2.10. The molecule has 0 bridgehead atoms. The largest absolute Gasteiger partial charge is 0.383 e. The Bertz CT molecular complexity index is 343. The van der Waals surface area contributed by atoms with Crippen LogP contribution in [-0.4, -0.2) is 48.3 Å². The van der Waals surface area contributed by atoms with Crippen molar-refractivity contribution in [2.24, 2.45) is 0 Å². The van der Waals surface area contributed by atoms with Crippen LogP contribution in [0.25, 0.3) is 0 Å². The van der Waals surface area contributed by atoms with E-state index in [1.807, 2.05) is 6.26 Å². The summed E-state index contributed by atoms with van der Waals surface area (Å²) in [5.41, 5.74) is 5.69. The minimum absolute atomic E-state index is 0.514. The monoisotopic (exact) mass is 255 g/mol. The minimum atomic E-state index is 0.514. The average Bonchev–Trinajstić information content (AvgIpc) is 2.27. The molecule has 0 amide bonds. The molecule has 0 unspecified atom stereocenters. The van der Waals surface area contributed by atoms with Crippen LogP contribution < -0.4 is 11.1 Å². The summed E-state index contributed by atoms with van der Waals surface area (Å²) in [4.78, 5) is 10.6. The molecule has 0 aliphatic carbocycles. The van der Waals surface area contributed by atoms with Crippen molar-refractivity contribution in [2.45, 2.75) is 18.0 Å². The zero-order valence-corrected chi connectivity index (χ0v) is 11.5. The zero-order chi connectivity index (χ0) is 12.7. The van der Waals surface area contributed by atoms with Gasteiger partial charge < -0.3 is 16.0 Å². The summed E-state index contributed by atoms with van der Waals surface area (Å²) in [6.45, 7) is 2.03. The van der Waals surface area contributed by atoms with Crippen molar-refractivity contribution in [2.75, 3.05) is 44.5 Å². The number of hydrogen-bond acceptors (Lipinski definition) is 6. The van der Waals surface area contributed by atoms with E-state index in [0.29, 0.717) is 11.0 Å². The van der Waals surface area contributed by atoms with Gasteiger partial charge in [-0.2, -0.15) is 0 Å². The van der Waals surface area contributed by atoms with Crippen molar-refractivity contribution >= 4 is 23.4 Å². The highest BCUT2D eigenvalue weighted by molar-refractivity contribution is 7.98. The Morgan fingerprint density at radius 1 is 1.35 bits per heavy atom. The Hall–Kier alpha value is -1.01. The van der Waals surface area contributed by atoms with Crippen molar-refractivity contribution < 1.29 is 0 Å². The van der Waals surface area contributed by atoms with Crippen molar-refractivity contribution in [3.8, 4) is 0 Å². The first-order valence-corrected chi connectivity index (χ1v) is 6.91. The van der Waals surface area contributed by atoms with E-state index in [1.54, 1.807) is 6.07 Å². The predicted molar refractivity (Wildman–Crippen MR) is 74.5 cm³/mol. The summed E-state index contributed by atoms with van der Waals surface area (Å²) in [5.74, 6) is 1.33. The van der Waals surface area contributed by atoms with Gasteiger partial charge in [-0.1, -0.05) is 11.8 Å². The van der Waals surface area contributed by atoms with Gasteiger partial charge in [-0.3, -0.25) is 0 Å². The number of hydrogen-bond donors (Lipinski definition) is 2. The number of nitrogens with zero attached hydrogens (tertiary/aromatic N) is 3. The number of thioether (sulfide) groups is 1. The van der Waals surface area contributed by atoms with Gasteiger partial charge in [0.05, 0.1) is 0 Å². The third kappa shape index (κ3) is 5.74. The molecule has 1 rings (SSSR count). The second-order valence-electron chi connectivity index (χ2n) is 4.10. The molecule has 0 saturated heterocycles. The van der Waals surface area contributed by atoms with Crippen LogP contribution in [-0.2, 0) is 0 Å². The lowest BCUT2D eigenvalue weighted by Crippen LogP contribution is -2.14. The number of rotatable bonds is 7. The second-order valence-corrected chi connectivity index (χ2v) is 4.88. The third-order valence-electron chi connectivity index (χ3n) is 2.25. The van der Waals surface area contributed by atoms with E-state index in [0.717, 1.165) is 25.3 Å². The third-order valence-corrected chi connectivity index (χ3v) is 2.79. The van der Waals surface area contributed by atoms with Crippen molar-refractivity contribution in [1.29, 1.82) is 0 Å². The Kier molecular flexibility index (Phi) is 6.07. The van der Waals surface area contributed by atoms with Crippen LogP contribution in [0, 0.1) is 0 Å². The molecule has 3 N–H and O–H groups in total. The van der Waals surface area contributed by atoms with Gasteiger partial charge >= 0.3 is 0 Å². The Labute approximate surface area is 107 Å². The van der Waals surface area contributed by atoms with Crippen LogP contribution in [0.3, 0.4) is 0 Å². The van der Waals surface area contributed by atoms with Crippen LogP contribution in [0.1, 0.15) is 12.8 Å². The standard InChI is InChI=1S/C11H21N5S/c1-16(2)7-5-4-6-13-10-8-9(12)14-11(15-10)17-3/h8H,4-7H2,1-3H3,(H3,12,13,14,15). The molecule has 0 fully saturated rings. The molecule has 5 nitrogen and oxygen atoms in total. The molecule has 0 aliphatic rings. The molecule has 1 aromatic heterocycles. The van der Waals surface area contributed by atoms with E-state index in [4.69, 9.17) is 5.73 Å². The topological polar surface area (TPSA) is 67.1 Å². The van der Waals surface area contributed by atoms with Crippen LogP contribution in [0.4, 0.5) is 11.6 Å². The van der Waals surface area contributed by atoms with Gasteiger partial charge in [0.15, 0.2) is 5.16 Å². The molecule has 0 spiro atoms. The first-order valence-electron chi connectivity index (χ1n) is 5.69. The van der Waals surface area contributed by atoms with Gasteiger partial charge in [0.25, 0.3) is 0 Å². The SMILES string of the molecule is CSc1nc(N)cc(NCCCCN(C)C)n1. The van der Waals surface area contributed by atoms with Crippen molar-refractivity contribution in [3.63, 3.8) is 0 Å². The van der Waals surface area contributed by atoms with Gasteiger partial charge in [-0.05, 0) is 39.7 Å². The molecule has 1 aromatic rings. The minimum Gasteiger partial charge on any atom is -0.383 e. The average molecular weight is 255 g/mol. The van der Waals surface area contributed by atoms with Gasteiger partial charge in [-0.25, -0.2) is 9.97 Å². The lowest BCUT2D eigenvalue weighted by molar-refractivity contribution is 0.396. The van der Waals surface area contributed by atoms with Crippen LogP contribution in [0.15, 0.2) is 11.2 Å². The summed E-state index contributed by atoms with van der Waals surface area (Å²) < 4.78 is 0. The van der Waals surface area contributed by atoms with Gasteiger partial charge in [0.1, 0.15) is 11.6 Å². The maximum absolute atomic E-state index is 5.69. The summed E-state index contributed by atoms with van der Waals surface area (Å²) >= 11 is 1.50. The molecule has 1 heterocycles. The summed E-state index contributed by atoms with van der Waals surface area (Å²) in [6.07, 6.45) is 4.24. The fraction of sp³-hybridized carbons (Fsp3) is 0.636. The van der Waals surface area contributed by atoms with Crippen LogP contribution in [0.2, 0.25) is 0 Å². The first-order chi connectivity index (χ1) is 8.11. The number of unbranched alkanes of at least 4 members (excludes halogenated alkanes) is 1. The molecule has 0 saturated carbocycles. The van der Waals surface area contributed by atoms with Crippen molar-refractivity contribution in [3.05, 3.63) is 6.07 Å². The molecule has 0 aromatic carbocycles. The first kappa shape index (κ1) is 14.1. The number of nitrogen functional groups attached to an aromatic ring is 1. The van der Waals surface area contributed by atoms with E-state index in [9.17, 15) is 0 Å². The highest BCUT2D eigenvalue weighted by Gasteiger charge is 2.00. The van der Waals surface area contributed by atoms with E-state index >= 15 is 0 Å². The fourth-order valence-electron chi connectivity index (χ4n) is 1.39. The zero-order valence-electron chi connectivity index (χ0n) is 10.7. The molecular weight excluding hydrogens is 234 g/mol. The van der Waals surface area contributed by atoms with Gasteiger partial charge in [0, 0.05) is 12.6 Å². The number of nitrogens with one attached hydrogen (secondary N) is 1. The molecule has 0 aliphatic heterocycles. The predicted octanol–water partition coefficient (Wildman–Crippen LogP) is 1.53. The van der Waals surface area contributed by atoms with Gasteiger partial charge in [0.2, 0.25) is 0 Å². The lowest BCUT2D eigenvalue weighted by atomic mass is 10.3.